The molecule has 1 heterocycles. The van der Waals surface area contributed by atoms with Crippen LogP contribution in [0, 0.1) is 11.8 Å². The minimum Gasteiger partial charge on any atom is -0.480 e. The van der Waals surface area contributed by atoms with Crippen LogP contribution in [0.15, 0.2) is 0 Å². The summed E-state index contributed by atoms with van der Waals surface area (Å²) in [4.78, 5) is 25.7. The molecule has 0 spiro atoms. The number of nitrogens with zero attached hydrogens (tertiary/aromatic N) is 1. The molecular weight excluding hydrogens is 272 g/mol. The lowest BCUT2D eigenvalue weighted by atomic mass is 9.77. The maximum atomic E-state index is 12.3. The summed E-state index contributed by atoms with van der Waals surface area (Å²) >= 11 is 0. The van der Waals surface area contributed by atoms with Gasteiger partial charge in [-0.25, -0.2) is 9.59 Å². The molecule has 0 aromatic rings. The van der Waals surface area contributed by atoms with Crippen LogP contribution in [-0.4, -0.2) is 52.3 Å². The van der Waals surface area contributed by atoms with Crippen LogP contribution in [0.25, 0.3) is 0 Å². The maximum Gasteiger partial charge on any atom is 0.329 e. The summed E-state index contributed by atoms with van der Waals surface area (Å²) in [7, 11) is 0. The zero-order valence-corrected chi connectivity index (χ0v) is 12.7. The highest BCUT2D eigenvalue weighted by Gasteiger charge is 2.43. The van der Waals surface area contributed by atoms with Gasteiger partial charge in [0.05, 0.1) is 0 Å². The van der Waals surface area contributed by atoms with Gasteiger partial charge < -0.3 is 20.4 Å². The lowest BCUT2D eigenvalue weighted by Gasteiger charge is -2.37. The summed E-state index contributed by atoms with van der Waals surface area (Å²) in [6.07, 6.45) is 4.25. The Balaban J connectivity index is 1.95. The average molecular weight is 298 g/mol. The van der Waals surface area contributed by atoms with Crippen molar-refractivity contribution in [3.05, 3.63) is 0 Å². The van der Waals surface area contributed by atoms with Crippen LogP contribution >= 0.6 is 0 Å². The van der Waals surface area contributed by atoms with Crippen molar-refractivity contribution in [2.24, 2.45) is 11.8 Å². The zero-order valence-electron chi connectivity index (χ0n) is 12.7. The van der Waals surface area contributed by atoms with E-state index in [2.05, 4.69) is 12.2 Å². The van der Waals surface area contributed by atoms with E-state index in [0.717, 1.165) is 19.3 Å². The third kappa shape index (κ3) is 3.67. The lowest BCUT2D eigenvalue weighted by Crippen LogP contribution is -2.59. The number of aliphatic hydroxyl groups is 1. The number of nitrogens with one attached hydrogen (secondary N) is 1. The van der Waals surface area contributed by atoms with Gasteiger partial charge in [0, 0.05) is 19.7 Å². The van der Waals surface area contributed by atoms with Crippen LogP contribution in [0.2, 0.25) is 0 Å². The van der Waals surface area contributed by atoms with Crippen LogP contribution < -0.4 is 5.32 Å². The molecule has 2 amide bonds. The molecule has 0 aromatic heterocycles. The largest absolute Gasteiger partial charge is 0.480 e. The van der Waals surface area contributed by atoms with Gasteiger partial charge in [-0.1, -0.05) is 6.92 Å². The van der Waals surface area contributed by atoms with E-state index < -0.39 is 11.5 Å². The minimum atomic E-state index is -1.10. The summed E-state index contributed by atoms with van der Waals surface area (Å²) < 4.78 is 0. The second-order valence-electron chi connectivity index (χ2n) is 6.61. The number of carboxylic acid groups (broad SMARTS) is 1. The van der Waals surface area contributed by atoms with Gasteiger partial charge in [-0.2, -0.15) is 0 Å². The number of urea groups is 1. The third-order valence-electron chi connectivity index (χ3n) is 4.99. The molecule has 1 aliphatic heterocycles. The van der Waals surface area contributed by atoms with Crippen LogP contribution in [-0.2, 0) is 4.79 Å². The van der Waals surface area contributed by atoms with Gasteiger partial charge in [-0.15, -0.1) is 0 Å². The lowest BCUT2D eigenvalue weighted by molar-refractivity contribution is -0.146. The molecule has 2 rings (SSSR count). The van der Waals surface area contributed by atoms with Crippen molar-refractivity contribution >= 4 is 12.0 Å². The Bertz CT molecular complexity index is 391. The van der Waals surface area contributed by atoms with Crippen molar-refractivity contribution in [1.82, 2.24) is 10.2 Å². The second-order valence-corrected chi connectivity index (χ2v) is 6.61. The first-order valence-corrected chi connectivity index (χ1v) is 7.88. The first kappa shape index (κ1) is 16.1. The monoisotopic (exact) mass is 298 g/mol. The number of amides is 2. The number of hydrogen-bond donors (Lipinski definition) is 3. The molecule has 1 saturated heterocycles. The number of aliphatic hydroxyl groups excluding tert-OH is 1. The first-order valence-electron chi connectivity index (χ1n) is 7.88. The molecule has 0 aromatic carbocycles. The fourth-order valence-electron chi connectivity index (χ4n) is 3.37. The summed E-state index contributed by atoms with van der Waals surface area (Å²) in [5, 5.41) is 21.3. The standard InChI is InChI=1S/C15H26N2O4/c1-11-2-6-15(7-3-11,13(19)20)16-14(21)17-8-4-12(10-17)5-9-18/h11-12,18H,2-10H2,1H3,(H,16,21)(H,19,20). The van der Waals surface area contributed by atoms with Gasteiger partial charge in [0.2, 0.25) is 0 Å². The Morgan fingerprint density at radius 1 is 1.29 bits per heavy atom. The molecule has 1 atom stereocenters. The smallest absolute Gasteiger partial charge is 0.329 e. The molecule has 0 bridgehead atoms. The maximum absolute atomic E-state index is 12.3. The van der Waals surface area contributed by atoms with Gasteiger partial charge in [0.15, 0.2) is 0 Å². The number of hydrogen-bond acceptors (Lipinski definition) is 3. The van der Waals surface area contributed by atoms with E-state index in [-0.39, 0.29) is 12.6 Å². The van der Waals surface area contributed by atoms with E-state index in [9.17, 15) is 14.7 Å². The minimum absolute atomic E-state index is 0.136. The van der Waals surface area contributed by atoms with Crippen molar-refractivity contribution < 1.29 is 19.8 Å². The Kier molecular flexibility index (Phi) is 5.08. The number of aliphatic carboxylic acids is 1. The van der Waals surface area contributed by atoms with Crippen LogP contribution in [0.5, 0.6) is 0 Å². The van der Waals surface area contributed by atoms with Crippen LogP contribution in [0.4, 0.5) is 4.79 Å². The van der Waals surface area contributed by atoms with Crippen molar-refractivity contribution in [1.29, 1.82) is 0 Å². The van der Waals surface area contributed by atoms with E-state index in [0.29, 0.717) is 44.2 Å². The quantitative estimate of drug-likeness (QED) is 0.732. The van der Waals surface area contributed by atoms with Crippen molar-refractivity contribution in [3.8, 4) is 0 Å². The Morgan fingerprint density at radius 2 is 1.95 bits per heavy atom. The highest BCUT2D eigenvalue weighted by Crippen LogP contribution is 2.32. The van der Waals surface area contributed by atoms with E-state index in [1.54, 1.807) is 4.90 Å². The number of likely N-dealkylation sites (tertiary alicyclic amines) is 1. The number of carbonyl (C=O) groups is 2. The molecule has 120 valence electrons. The predicted molar refractivity (Wildman–Crippen MR) is 77.9 cm³/mol. The first-order chi connectivity index (χ1) is 9.97. The summed E-state index contributed by atoms with van der Waals surface area (Å²) in [5.41, 5.74) is -1.10. The molecule has 0 radical (unpaired) electrons. The highest BCUT2D eigenvalue weighted by molar-refractivity contribution is 5.86. The molecule has 21 heavy (non-hydrogen) atoms. The molecule has 1 unspecified atom stereocenters. The molecule has 1 aliphatic carbocycles. The van der Waals surface area contributed by atoms with E-state index in [1.165, 1.54) is 0 Å². The fourth-order valence-corrected chi connectivity index (χ4v) is 3.37. The fraction of sp³-hybridized carbons (Fsp3) is 0.867. The van der Waals surface area contributed by atoms with Crippen molar-refractivity contribution in [2.45, 2.75) is 51.0 Å². The number of carbonyl (C=O) groups excluding carboxylic acids is 1. The molecule has 2 aliphatic rings. The summed E-state index contributed by atoms with van der Waals surface area (Å²) in [5.74, 6) is -0.0724. The second kappa shape index (κ2) is 6.64. The number of rotatable bonds is 4. The van der Waals surface area contributed by atoms with E-state index in [4.69, 9.17) is 5.11 Å². The van der Waals surface area contributed by atoms with E-state index in [1.807, 2.05) is 0 Å². The van der Waals surface area contributed by atoms with Gasteiger partial charge >= 0.3 is 12.0 Å². The molecule has 3 N–H and O–H groups in total. The van der Waals surface area contributed by atoms with Crippen LogP contribution in [0.1, 0.15) is 45.4 Å². The van der Waals surface area contributed by atoms with Crippen molar-refractivity contribution in [3.63, 3.8) is 0 Å². The summed E-state index contributed by atoms with van der Waals surface area (Å²) in [6.45, 7) is 3.51. The number of carboxylic acids is 1. The molecule has 6 nitrogen and oxygen atoms in total. The third-order valence-corrected chi connectivity index (χ3v) is 4.99. The van der Waals surface area contributed by atoms with Gasteiger partial charge in [-0.05, 0) is 50.4 Å². The average Bonchev–Trinajstić information content (AvgIpc) is 2.90. The van der Waals surface area contributed by atoms with Gasteiger partial charge in [-0.3, -0.25) is 0 Å². The highest BCUT2D eigenvalue weighted by atomic mass is 16.4. The molecule has 2 fully saturated rings. The van der Waals surface area contributed by atoms with Crippen LogP contribution in [0.3, 0.4) is 0 Å². The topological polar surface area (TPSA) is 89.9 Å². The normalized spacial score (nSPS) is 33.0. The van der Waals surface area contributed by atoms with E-state index >= 15 is 0 Å². The SMILES string of the molecule is CC1CCC(NC(=O)N2CCC(CCO)C2)(C(=O)O)CC1. The molecular formula is C15H26N2O4. The Morgan fingerprint density at radius 3 is 2.52 bits per heavy atom. The Hall–Kier alpha value is -1.30. The zero-order chi connectivity index (χ0) is 15.5. The van der Waals surface area contributed by atoms with Crippen molar-refractivity contribution in [2.75, 3.05) is 19.7 Å². The molecule has 6 heteroatoms. The van der Waals surface area contributed by atoms with Gasteiger partial charge in [0.1, 0.15) is 5.54 Å². The summed E-state index contributed by atoms with van der Waals surface area (Å²) in [6, 6.07) is -0.271. The van der Waals surface area contributed by atoms with Gasteiger partial charge in [0.25, 0.3) is 0 Å². The Labute approximate surface area is 125 Å². The molecule has 1 saturated carbocycles. The predicted octanol–water partition coefficient (Wildman–Crippen LogP) is 1.43.